The molecule has 0 amide bonds. The fourth-order valence-corrected chi connectivity index (χ4v) is 2.96. The van der Waals surface area contributed by atoms with E-state index in [-0.39, 0.29) is 24.9 Å². The van der Waals surface area contributed by atoms with E-state index in [2.05, 4.69) is 65.0 Å². The highest BCUT2D eigenvalue weighted by Crippen LogP contribution is 2.22. The van der Waals surface area contributed by atoms with Crippen molar-refractivity contribution in [1.29, 1.82) is 0 Å². The Labute approximate surface area is 194 Å². The van der Waals surface area contributed by atoms with Crippen molar-refractivity contribution >= 4 is 11.9 Å². The minimum absolute atomic E-state index is 0.00611. The molecule has 4 heteroatoms. The summed E-state index contributed by atoms with van der Waals surface area (Å²) >= 11 is 0. The molecule has 1 aromatic carbocycles. The van der Waals surface area contributed by atoms with Crippen LogP contribution in [0.3, 0.4) is 0 Å². The van der Waals surface area contributed by atoms with E-state index < -0.39 is 11.9 Å². The molecule has 176 valence electrons. The van der Waals surface area contributed by atoms with Crippen molar-refractivity contribution in [2.75, 3.05) is 6.61 Å². The monoisotopic (exact) mass is 440 g/mol. The first-order valence-electron chi connectivity index (χ1n) is 11.4. The Morgan fingerprint density at radius 2 is 1.47 bits per heavy atom. The summed E-state index contributed by atoms with van der Waals surface area (Å²) in [5, 5.41) is 0. The second-order valence-corrected chi connectivity index (χ2v) is 9.63. The number of ether oxygens (including phenoxy) is 2. The molecule has 0 spiro atoms. The van der Waals surface area contributed by atoms with E-state index in [1.54, 1.807) is 0 Å². The molecule has 32 heavy (non-hydrogen) atoms. The molecule has 0 aliphatic rings. The molecule has 4 nitrogen and oxygen atoms in total. The second kappa shape index (κ2) is 13.7. The third kappa shape index (κ3) is 12.3. The van der Waals surface area contributed by atoms with Gasteiger partial charge in [-0.1, -0.05) is 62.3 Å². The van der Waals surface area contributed by atoms with Gasteiger partial charge in [0, 0.05) is 0 Å². The van der Waals surface area contributed by atoms with Crippen molar-refractivity contribution in [3.63, 3.8) is 0 Å². The lowest BCUT2D eigenvalue weighted by Gasteiger charge is -2.19. The van der Waals surface area contributed by atoms with Crippen molar-refractivity contribution in [3.05, 3.63) is 70.5 Å². The standard InChI is InChI=1S/C28H40O4/c1-21(2)9-8-10-22(3)17-18-31-26(29)15-16-27(30)32-20-23(4)19-24-11-13-25(14-12-24)28(5,6)7/h9,11-14,17,20H,8,10,15-16,18-19H2,1-7H3/b22-17+,23-20+. The maximum absolute atomic E-state index is 11.9. The van der Waals surface area contributed by atoms with E-state index in [4.69, 9.17) is 9.47 Å². The second-order valence-electron chi connectivity index (χ2n) is 9.63. The van der Waals surface area contributed by atoms with Gasteiger partial charge < -0.3 is 9.47 Å². The van der Waals surface area contributed by atoms with E-state index in [0.29, 0.717) is 6.42 Å². The third-order valence-corrected chi connectivity index (χ3v) is 5.00. The van der Waals surface area contributed by atoms with Crippen molar-refractivity contribution in [3.8, 4) is 0 Å². The molecule has 0 aromatic heterocycles. The summed E-state index contributed by atoms with van der Waals surface area (Å²) in [4.78, 5) is 23.7. The number of hydrogen-bond donors (Lipinski definition) is 0. The van der Waals surface area contributed by atoms with Gasteiger partial charge in [0.25, 0.3) is 0 Å². The number of rotatable bonds is 11. The molecule has 0 aliphatic heterocycles. The Morgan fingerprint density at radius 3 is 2.06 bits per heavy atom. The molecular formula is C28H40O4. The van der Waals surface area contributed by atoms with Crippen molar-refractivity contribution in [2.24, 2.45) is 0 Å². The maximum atomic E-state index is 11.9. The Kier molecular flexibility index (Phi) is 11.8. The van der Waals surface area contributed by atoms with Gasteiger partial charge in [0.15, 0.2) is 0 Å². The Bertz CT molecular complexity index is 829. The van der Waals surface area contributed by atoms with E-state index in [9.17, 15) is 9.59 Å². The average Bonchev–Trinajstić information content (AvgIpc) is 2.70. The molecule has 0 fully saturated rings. The van der Waals surface area contributed by atoms with Crippen LogP contribution in [0.1, 0.15) is 85.3 Å². The molecule has 0 aliphatic carbocycles. The van der Waals surface area contributed by atoms with Crippen LogP contribution in [-0.4, -0.2) is 18.5 Å². The largest absolute Gasteiger partial charge is 0.461 e. The Hall–Kier alpha value is -2.62. The highest BCUT2D eigenvalue weighted by atomic mass is 16.5. The lowest BCUT2D eigenvalue weighted by atomic mass is 9.86. The lowest BCUT2D eigenvalue weighted by molar-refractivity contribution is -0.147. The fraction of sp³-hybridized carbons (Fsp3) is 0.500. The minimum Gasteiger partial charge on any atom is -0.461 e. The average molecular weight is 441 g/mol. The molecule has 1 aromatic rings. The summed E-state index contributed by atoms with van der Waals surface area (Å²) in [5.74, 6) is -0.826. The lowest BCUT2D eigenvalue weighted by Crippen LogP contribution is -2.10. The number of hydrogen-bond acceptors (Lipinski definition) is 4. The summed E-state index contributed by atoms with van der Waals surface area (Å²) in [5.41, 5.74) is 6.00. The van der Waals surface area contributed by atoms with Crippen molar-refractivity contribution in [2.45, 2.75) is 86.0 Å². The number of allylic oxidation sites excluding steroid dienone is 4. The van der Waals surface area contributed by atoms with Crippen molar-refractivity contribution in [1.82, 2.24) is 0 Å². The van der Waals surface area contributed by atoms with E-state index in [0.717, 1.165) is 24.0 Å². The van der Waals surface area contributed by atoms with Crippen LogP contribution in [0.4, 0.5) is 0 Å². The molecular weight excluding hydrogens is 400 g/mol. The van der Waals surface area contributed by atoms with Gasteiger partial charge >= 0.3 is 11.9 Å². The van der Waals surface area contributed by atoms with Crippen LogP contribution >= 0.6 is 0 Å². The minimum atomic E-state index is -0.433. The van der Waals surface area contributed by atoms with Crippen molar-refractivity contribution < 1.29 is 19.1 Å². The molecule has 1 rings (SSSR count). The van der Waals surface area contributed by atoms with Crippen LogP contribution in [0.25, 0.3) is 0 Å². The van der Waals surface area contributed by atoms with Gasteiger partial charge in [0.2, 0.25) is 0 Å². The summed E-state index contributed by atoms with van der Waals surface area (Å²) in [7, 11) is 0. The highest BCUT2D eigenvalue weighted by Gasteiger charge is 2.13. The molecule has 0 radical (unpaired) electrons. The first kappa shape index (κ1) is 27.4. The predicted molar refractivity (Wildman–Crippen MR) is 131 cm³/mol. The fourth-order valence-electron chi connectivity index (χ4n) is 2.96. The summed E-state index contributed by atoms with van der Waals surface area (Å²) in [6.45, 7) is 14.9. The van der Waals surface area contributed by atoms with Crippen LogP contribution in [0.2, 0.25) is 0 Å². The maximum Gasteiger partial charge on any atom is 0.311 e. The highest BCUT2D eigenvalue weighted by molar-refractivity contribution is 5.78. The molecule has 0 unspecified atom stereocenters. The number of carbonyl (C=O) groups excluding carboxylic acids is 2. The van der Waals surface area contributed by atoms with E-state index in [1.165, 1.54) is 23.0 Å². The third-order valence-electron chi connectivity index (χ3n) is 5.00. The van der Waals surface area contributed by atoms with E-state index >= 15 is 0 Å². The van der Waals surface area contributed by atoms with Gasteiger partial charge in [-0.05, 0) is 75.1 Å². The molecule has 0 bridgehead atoms. The van der Waals surface area contributed by atoms with Gasteiger partial charge in [-0.25, -0.2) is 0 Å². The predicted octanol–water partition coefficient (Wildman–Crippen LogP) is 6.99. The van der Waals surface area contributed by atoms with Gasteiger partial charge in [-0.2, -0.15) is 0 Å². The topological polar surface area (TPSA) is 52.6 Å². The number of benzene rings is 1. The van der Waals surface area contributed by atoms with Crippen LogP contribution in [-0.2, 0) is 30.9 Å². The first-order chi connectivity index (χ1) is 15.0. The zero-order valence-corrected chi connectivity index (χ0v) is 20.9. The molecule has 0 N–H and O–H groups in total. The van der Waals surface area contributed by atoms with Gasteiger partial charge in [0.1, 0.15) is 6.61 Å². The SMILES string of the molecule is CC(C)=CCC/C(C)=C/COC(=O)CCC(=O)O/C=C(\C)Cc1ccc(C(C)(C)C)cc1. The van der Waals surface area contributed by atoms with Crippen LogP contribution in [0.15, 0.2) is 59.4 Å². The summed E-state index contributed by atoms with van der Waals surface area (Å²) in [6, 6.07) is 8.49. The van der Waals surface area contributed by atoms with Gasteiger partial charge in [0.05, 0.1) is 19.1 Å². The summed E-state index contributed by atoms with van der Waals surface area (Å²) < 4.78 is 10.4. The summed E-state index contributed by atoms with van der Waals surface area (Å²) in [6.07, 6.45) is 8.24. The number of esters is 2. The Morgan fingerprint density at radius 1 is 0.844 bits per heavy atom. The van der Waals surface area contributed by atoms with E-state index in [1.807, 2.05) is 19.9 Å². The normalized spacial score (nSPS) is 12.3. The molecule has 0 heterocycles. The molecule has 0 saturated carbocycles. The Balaban J connectivity index is 2.32. The zero-order valence-electron chi connectivity index (χ0n) is 20.9. The van der Waals surface area contributed by atoms with Gasteiger partial charge in [-0.3, -0.25) is 9.59 Å². The van der Waals surface area contributed by atoms with Gasteiger partial charge in [-0.15, -0.1) is 0 Å². The van der Waals surface area contributed by atoms with Crippen LogP contribution in [0, 0.1) is 0 Å². The molecule has 0 atom stereocenters. The zero-order chi connectivity index (χ0) is 24.1. The number of carbonyl (C=O) groups is 2. The quantitative estimate of drug-likeness (QED) is 0.211. The smallest absolute Gasteiger partial charge is 0.311 e. The van der Waals surface area contributed by atoms with Crippen LogP contribution in [0.5, 0.6) is 0 Å². The molecule has 0 saturated heterocycles. The van der Waals surface area contributed by atoms with Crippen LogP contribution < -0.4 is 0 Å². The first-order valence-corrected chi connectivity index (χ1v) is 11.4.